The lowest BCUT2D eigenvalue weighted by Gasteiger charge is -2.24. The Hall–Kier alpha value is -6.27. The predicted molar refractivity (Wildman–Crippen MR) is 260 cm³/mol. The van der Waals surface area contributed by atoms with Crippen LogP contribution in [0.15, 0.2) is 30.3 Å². The van der Waals surface area contributed by atoms with Gasteiger partial charge in [0.2, 0.25) is 5.91 Å². The van der Waals surface area contributed by atoms with Crippen LogP contribution in [0.1, 0.15) is 102 Å². The average Bonchev–Trinajstić information content (AvgIpc) is 3.32. The fraction of sp³-hybridized carbons (Fsp3) is 0.617. The fourth-order valence-electron chi connectivity index (χ4n) is 7.16. The highest BCUT2D eigenvalue weighted by Gasteiger charge is 2.36. The summed E-state index contributed by atoms with van der Waals surface area (Å²) in [5, 5.41) is 50.8. The standard InChI is InChI=1S/C47H71N7O16S/c1-30(28-71-5)53(3)44(64)37(25-42(61)62)54(4)43(63)36(48-2)27-49-26-32(45(65)66)24-38(57)35(23-31-15-11-10-12-16-31)50-39(58)18-14-9-7-6-8-13-17-33(56)19-20-34(46(67)68)51-47(69)52-40(70-29-55)21-22-41(59)60/h10-12,15-16,29-30,32,34-36,40,48-49H,6-9,13-14,17-28H2,1-5H3,(H6-,50,51,52,58,59,60,61,62,65,66,67,68,69)/p+1/t30-,32+,34+,35+,36+,40-/m1/s1. The number of unbranched alkanes of at least 4 members (excludes halogenated alkanes) is 5. The number of Topliss-reactive ketones (excluding diaryl/α,β-unsaturated/α-hetero) is 2. The molecule has 0 bridgehead atoms. The van der Waals surface area contributed by atoms with Crippen molar-refractivity contribution in [3.8, 4) is 0 Å². The van der Waals surface area contributed by atoms with E-state index in [2.05, 4.69) is 31.3 Å². The Balaban J connectivity index is 2.74. The molecule has 1 rings (SSSR count). The van der Waals surface area contributed by atoms with Crippen LogP contribution in [0.2, 0.25) is 0 Å². The number of carboxylic acids is 4. The number of likely N-dealkylation sites (N-methyl/N-ethyl adjacent to an activating group) is 2. The van der Waals surface area contributed by atoms with Gasteiger partial charge in [-0.3, -0.25) is 38.4 Å². The van der Waals surface area contributed by atoms with Crippen LogP contribution in [0.4, 0.5) is 4.79 Å². The van der Waals surface area contributed by atoms with Gasteiger partial charge in [0.15, 0.2) is 12.0 Å². The molecule has 1 aromatic carbocycles. The van der Waals surface area contributed by atoms with Crippen LogP contribution in [0, 0.1) is 5.92 Å². The zero-order valence-electron chi connectivity index (χ0n) is 41.1. The van der Waals surface area contributed by atoms with Crippen molar-refractivity contribution in [3.63, 3.8) is 0 Å². The zero-order chi connectivity index (χ0) is 53.5. The molecule has 0 spiro atoms. The van der Waals surface area contributed by atoms with Crippen molar-refractivity contribution in [2.45, 2.75) is 134 Å². The molecule has 9 N–H and O–H groups in total. The van der Waals surface area contributed by atoms with E-state index in [4.69, 9.17) is 5.11 Å². The Morgan fingerprint density at radius 1 is 0.761 bits per heavy atom. The molecule has 0 aromatic heterocycles. The summed E-state index contributed by atoms with van der Waals surface area (Å²) in [5.74, 6) is -8.23. The molecule has 0 aliphatic carbocycles. The van der Waals surface area contributed by atoms with E-state index in [-0.39, 0.29) is 75.6 Å². The average molecular weight is 1020 g/mol. The van der Waals surface area contributed by atoms with Gasteiger partial charge in [0.25, 0.3) is 12.2 Å². The molecular weight excluding hydrogens is 951 g/mol. The molecule has 71 heavy (non-hydrogen) atoms. The minimum absolute atomic E-state index is 0.0164. The molecule has 6 atom stereocenters. The van der Waals surface area contributed by atoms with E-state index in [0.29, 0.717) is 31.4 Å². The van der Waals surface area contributed by atoms with Crippen LogP contribution in [-0.2, 0) is 59.1 Å². The third-order valence-corrected chi connectivity index (χ3v) is 12.3. The molecule has 23 nitrogen and oxygen atoms in total. The number of benzene rings is 1. The Morgan fingerprint density at radius 3 is 1.96 bits per heavy atom. The predicted octanol–water partition coefficient (Wildman–Crippen LogP) is 1.43. The molecule has 24 heteroatoms. The first-order valence-electron chi connectivity index (χ1n) is 23.4. The number of aliphatic carboxylic acids is 4. The number of carbonyl (C=O) groups excluding carboxylic acids is 7. The van der Waals surface area contributed by atoms with Crippen LogP contribution in [0.3, 0.4) is 0 Å². The third kappa shape index (κ3) is 26.0. The number of hydrogen-bond acceptors (Lipinski definition) is 15. The third-order valence-electron chi connectivity index (χ3n) is 11.4. The van der Waals surface area contributed by atoms with Gasteiger partial charge in [-0.2, -0.15) is 16.3 Å². The molecule has 5 amide bonds. The number of hydrogen-bond donors (Lipinski definition) is 9. The number of nitrogens with zero attached hydrogens (tertiary/aromatic N) is 2. The van der Waals surface area contributed by atoms with E-state index in [9.17, 15) is 68.1 Å². The molecule has 0 heterocycles. The largest absolute Gasteiger partial charge is 0.481 e. The highest BCUT2D eigenvalue weighted by Crippen LogP contribution is 2.14. The zero-order valence-corrected chi connectivity index (χ0v) is 42.0. The molecule has 396 valence electrons. The lowest BCUT2D eigenvalue weighted by Crippen LogP contribution is -2.51. The van der Waals surface area contributed by atoms with Crippen LogP contribution in [0.25, 0.3) is 0 Å². The first kappa shape index (κ1) is 62.7. The monoisotopic (exact) mass is 1020 g/mol. The van der Waals surface area contributed by atoms with Gasteiger partial charge < -0.3 is 56.6 Å². The van der Waals surface area contributed by atoms with Gasteiger partial charge >= 0.3 is 41.7 Å². The lowest BCUT2D eigenvalue weighted by atomic mass is 9.94. The maximum absolute atomic E-state index is 13.7. The minimum atomic E-state index is -1.43. The highest BCUT2D eigenvalue weighted by atomic mass is 32.2. The molecule has 0 aliphatic rings. The summed E-state index contributed by atoms with van der Waals surface area (Å²) >= 11 is 1.50. The second kappa shape index (κ2) is 34.9. The van der Waals surface area contributed by atoms with Crippen LogP contribution >= 0.6 is 11.8 Å². The number of ether oxygens (including phenoxy) is 1. The van der Waals surface area contributed by atoms with E-state index in [1.54, 1.807) is 37.3 Å². The van der Waals surface area contributed by atoms with Gasteiger partial charge in [0.05, 0.1) is 18.4 Å². The van der Waals surface area contributed by atoms with Crippen LogP contribution in [-0.4, -0.2) is 178 Å². The fourth-order valence-corrected chi connectivity index (χ4v) is 7.86. The molecule has 0 saturated heterocycles. The maximum Gasteiger partial charge on any atom is 0.405 e. The van der Waals surface area contributed by atoms with E-state index in [1.807, 2.05) is 6.26 Å². The van der Waals surface area contributed by atoms with Crippen LogP contribution < -0.4 is 26.6 Å². The summed E-state index contributed by atoms with van der Waals surface area (Å²) in [5.41, 5.74) is 0.496. The van der Waals surface area contributed by atoms with Gasteiger partial charge in [-0.1, -0.05) is 56.0 Å². The second-order valence-electron chi connectivity index (χ2n) is 17.0. The number of carboxylic acid groups (broad SMARTS) is 4. The lowest BCUT2D eigenvalue weighted by molar-refractivity contribution is -0.421. The normalized spacial score (nSPS) is 13.9. The summed E-state index contributed by atoms with van der Waals surface area (Å²) in [4.78, 5) is 137. The number of thioether (sulfide) groups is 1. The van der Waals surface area contributed by atoms with Crippen molar-refractivity contribution in [1.29, 1.82) is 0 Å². The maximum atomic E-state index is 13.7. The first-order chi connectivity index (χ1) is 33.6. The minimum Gasteiger partial charge on any atom is -0.481 e. The summed E-state index contributed by atoms with van der Waals surface area (Å²) < 4.78 is 5.61. The number of ketones is 2. The summed E-state index contributed by atoms with van der Waals surface area (Å²) in [6, 6.07) is 4.15. The quantitative estimate of drug-likeness (QED) is 0.0148. The van der Waals surface area contributed by atoms with Gasteiger partial charge in [-0.15, -0.1) is 0 Å². The van der Waals surface area contributed by atoms with Gasteiger partial charge in [-0.25, -0.2) is 14.4 Å². The summed E-state index contributed by atoms with van der Waals surface area (Å²) in [6.07, 6.45) is 2.70. The van der Waals surface area contributed by atoms with Crippen molar-refractivity contribution in [2.24, 2.45) is 5.92 Å². The first-order valence-corrected chi connectivity index (χ1v) is 24.7. The number of rotatable bonds is 39. The highest BCUT2D eigenvalue weighted by molar-refractivity contribution is 7.98. The molecule has 1 aromatic rings. The van der Waals surface area contributed by atoms with Crippen LogP contribution in [0.5, 0.6) is 0 Å². The van der Waals surface area contributed by atoms with E-state index in [0.717, 1.165) is 23.0 Å². The van der Waals surface area contributed by atoms with Crippen molar-refractivity contribution >= 4 is 83.1 Å². The topological polar surface area (TPSA) is 344 Å². The van der Waals surface area contributed by atoms with Crippen molar-refractivity contribution in [1.82, 2.24) is 31.5 Å². The summed E-state index contributed by atoms with van der Waals surface area (Å²) in [6.45, 7) is 1.45. The van der Waals surface area contributed by atoms with Gasteiger partial charge in [0.1, 0.15) is 31.3 Å². The molecular formula is C47H72N7O16S+. The second-order valence-corrected chi connectivity index (χ2v) is 17.9. The smallest absolute Gasteiger partial charge is 0.405 e. The SMILES string of the molecule is CN[C@@H](CNC[C@H](CC(=O)[C@H](Cc1ccccc1)NC(=O)CCCCCCCCC(=O)CC[C@H](NC(=O)N[C@@H](CCC(=O)O)OC=O)C(=O)O)C(=O)O)C(=O)[N+](C)=C(CC(=O)O)C(=O)N(C)[C@H](C)CSC. The number of nitrogens with one attached hydrogen (secondary N) is 5. The van der Waals surface area contributed by atoms with E-state index < -0.39 is 103 Å². The molecule has 0 fully saturated rings. The Kier molecular flexibility index (Phi) is 30.9. The molecule has 0 unspecified atom stereocenters. The molecule has 0 radical (unpaired) electrons. The van der Waals surface area contributed by atoms with Crippen molar-refractivity contribution in [2.75, 3.05) is 46.2 Å². The van der Waals surface area contributed by atoms with E-state index >= 15 is 0 Å². The molecule has 0 aliphatic heterocycles. The summed E-state index contributed by atoms with van der Waals surface area (Å²) in [7, 11) is 4.30. The number of amides is 5. The Bertz CT molecular complexity index is 1990. The number of urea groups is 1. The Labute approximate surface area is 417 Å². The van der Waals surface area contributed by atoms with Crippen molar-refractivity contribution < 1.29 is 82.5 Å². The van der Waals surface area contributed by atoms with E-state index in [1.165, 1.54) is 37.8 Å². The Morgan fingerprint density at radius 2 is 1.39 bits per heavy atom. The number of carbonyl (C=O) groups is 11. The molecule has 0 saturated carbocycles. The van der Waals surface area contributed by atoms with Crippen molar-refractivity contribution in [3.05, 3.63) is 35.9 Å². The van der Waals surface area contributed by atoms with Gasteiger partial charge in [0, 0.05) is 64.0 Å². The van der Waals surface area contributed by atoms with Gasteiger partial charge in [-0.05, 0) is 51.5 Å².